The van der Waals surface area contributed by atoms with Gasteiger partial charge in [-0.2, -0.15) is 0 Å². The predicted octanol–water partition coefficient (Wildman–Crippen LogP) is 2.83. The van der Waals surface area contributed by atoms with E-state index in [9.17, 15) is 9.59 Å². The van der Waals surface area contributed by atoms with Crippen LogP contribution in [-0.2, 0) is 9.53 Å². The molecule has 0 spiro atoms. The molecule has 3 rings (SSSR count). The quantitative estimate of drug-likeness (QED) is 0.569. The van der Waals surface area contributed by atoms with E-state index in [1.54, 1.807) is 24.3 Å². The standard InChI is InChI=1S/C20H24N6O3/c1-13(2)18(19-25-24-16-9-4-5-10-26(16)19)23-20(28)22-15-8-6-7-14(11-15)21-17(27)12-29-3/h4-11,13,18H,12H2,1-3H3,(H,21,27)(H2,22,23,28). The second-order valence-electron chi connectivity index (χ2n) is 6.87. The third-order valence-electron chi connectivity index (χ3n) is 4.25. The molecule has 0 aliphatic heterocycles. The lowest BCUT2D eigenvalue weighted by Crippen LogP contribution is -2.36. The zero-order chi connectivity index (χ0) is 20.8. The zero-order valence-corrected chi connectivity index (χ0v) is 16.5. The van der Waals surface area contributed by atoms with Crippen LogP contribution in [0.2, 0.25) is 0 Å². The zero-order valence-electron chi connectivity index (χ0n) is 16.5. The fourth-order valence-electron chi connectivity index (χ4n) is 2.91. The van der Waals surface area contributed by atoms with Gasteiger partial charge in [-0.05, 0) is 36.2 Å². The fourth-order valence-corrected chi connectivity index (χ4v) is 2.91. The molecule has 3 aromatic rings. The Morgan fingerprint density at radius 1 is 1.07 bits per heavy atom. The van der Waals surface area contributed by atoms with Crippen molar-refractivity contribution in [1.29, 1.82) is 0 Å². The molecule has 2 heterocycles. The number of rotatable bonds is 7. The van der Waals surface area contributed by atoms with Gasteiger partial charge in [0.15, 0.2) is 11.5 Å². The Bertz CT molecular complexity index is 1000. The molecule has 3 N–H and O–H groups in total. The van der Waals surface area contributed by atoms with Crippen molar-refractivity contribution in [3.8, 4) is 0 Å². The van der Waals surface area contributed by atoms with Crippen LogP contribution in [0.3, 0.4) is 0 Å². The molecule has 1 aromatic carbocycles. The maximum absolute atomic E-state index is 12.6. The number of amides is 3. The summed E-state index contributed by atoms with van der Waals surface area (Å²) in [4.78, 5) is 24.3. The molecule has 0 bridgehead atoms. The summed E-state index contributed by atoms with van der Waals surface area (Å²) in [6, 6.07) is 11.8. The summed E-state index contributed by atoms with van der Waals surface area (Å²) < 4.78 is 6.66. The van der Waals surface area contributed by atoms with Gasteiger partial charge in [0.1, 0.15) is 6.61 Å². The Labute approximate surface area is 168 Å². The average Bonchev–Trinajstić information content (AvgIpc) is 3.10. The maximum Gasteiger partial charge on any atom is 0.319 e. The van der Waals surface area contributed by atoms with Gasteiger partial charge in [-0.25, -0.2) is 4.79 Å². The topological polar surface area (TPSA) is 110 Å². The minimum absolute atomic E-state index is 0.0412. The van der Waals surface area contributed by atoms with Crippen molar-refractivity contribution >= 4 is 29.0 Å². The molecule has 0 radical (unpaired) electrons. The van der Waals surface area contributed by atoms with E-state index in [0.717, 1.165) is 5.65 Å². The highest BCUT2D eigenvalue weighted by Gasteiger charge is 2.23. The molecule has 9 heteroatoms. The van der Waals surface area contributed by atoms with E-state index in [4.69, 9.17) is 4.74 Å². The molecule has 0 saturated heterocycles. The molecule has 152 valence electrons. The summed E-state index contributed by atoms with van der Waals surface area (Å²) >= 11 is 0. The molecule has 2 aromatic heterocycles. The number of methoxy groups -OCH3 is 1. The van der Waals surface area contributed by atoms with Crippen LogP contribution >= 0.6 is 0 Å². The molecule has 0 aliphatic carbocycles. The van der Waals surface area contributed by atoms with Gasteiger partial charge in [0.05, 0.1) is 6.04 Å². The molecular formula is C20H24N6O3. The van der Waals surface area contributed by atoms with Crippen LogP contribution in [0, 0.1) is 5.92 Å². The first-order chi connectivity index (χ1) is 14.0. The summed E-state index contributed by atoms with van der Waals surface area (Å²) in [5, 5.41) is 16.9. The van der Waals surface area contributed by atoms with Crippen molar-refractivity contribution in [2.75, 3.05) is 24.4 Å². The normalized spacial score (nSPS) is 12.0. The van der Waals surface area contributed by atoms with Gasteiger partial charge in [0, 0.05) is 24.7 Å². The first kappa shape index (κ1) is 20.3. The van der Waals surface area contributed by atoms with Crippen LogP contribution < -0.4 is 16.0 Å². The predicted molar refractivity (Wildman–Crippen MR) is 110 cm³/mol. The Hall–Kier alpha value is -3.46. The van der Waals surface area contributed by atoms with E-state index in [2.05, 4.69) is 26.1 Å². The number of urea groups is 1. The maximum atomic E-state index is 12.6. The summed E-state index contributed by atoms with van der Waals surface area (Å²) in [5.41, 5.74) is 1.83. The van der Waals surface area contributed by atoms with E-state index in [1.165, 1.54) is 7.11 Å². The first-order valence-electron chi connectivity index (χ1n) is 9.24. The number of hydrogen-bond acceptors (Lipinski definition) is 5. The molecule has 9 nitrogen and oxygen atoms in total. The van der Waals surface area contributed by atoms with E-state index in [0.29, 0.717) is 17.2 Å². The smallest absolute Gasteiger partial charge is 0.319 e. The second-order valence-corrected chi connectivity index (χ2v) is 6.87. The van der Waals surface area contributed by atoms with Crippen LogP contribution in [-0.4, -0.2) is 40.3 Å². The van der Waals surface area contributed by atoms with Crippen LogP contribution in [0.4, 0.5) is 16.2 Å². The Morgan fingerprint density at radius 2 is 1.83 bits per heavy atom. The summed E-state index contributed by atoms with van der Waals surface area (Å²) in [6.45, 7) is 3.96. The van der Waals surface area contributed by atoms with Gasteiger partial charge in [-0.3, -0.25) is 9.20 Å². The lowest BCUT2D eigenvalue weighted by Gasteiger charge is -2.21. The molecule has 3 amide bonds. The van der Waals surface area contributed by atoms with Gasteiger partial charge in [-0.1, -0.05) is 26.0 Å². The molecule has 1 atom stereocenters. The van der Waals surface area contributed by atoms with E-state index < -0.39 is 0 Å². The molecule has 0 aliphatic rings. The van der Waals surface area contributed by atoms with Crippen molar-refractivity contribution < 1.29 is 14.3 Å². The van der Waals surface area contributed by atoms with Crippen LogP contribution in [0.1, 0.15) is 25.7 Å². The SMILES string of the molecule is COCC(=O)Nc1cccc(NC(=O)NC(c2nnc3ccccn23)C(C)C)c1. The number of nitrogens with zero attached hydrogens (tertiary/aromatic N) is 3. The Morgan fingerprint density at radius 3 is 2.55 bits per heavy atom. The van der Waals surface area contributed by atoms with Gasteiger partial charge in [0.25, 0.3) is 0 Å². The number of benzene rings is 1. The van der Waals surface area contributed by atoms with Gasteiger partial charge in [0.2, 0.25) is 5.91 Å². The van der Waals surface area contributed by atoms with E-state index in [1.807, 2.05) is 42.6 Å². The Kier molecular flexibility index (Phi) is 6.40. The van der Waals surface area contributed by atoms with Crippen molar-refractivity contribution in [1.82, 2.24) is 19.9 Å². The van der Waals surface area contributed by atoms with Crippen molar-refractivity contribution in [3.63, 3.8) is 0 Å². The average molecular weight is 396 g/mol. The summed E-state index contributed by atoms with van der Waals surface area (Å²) in [6.07, 6.45) is 1.87. The third-order valence-corrected chi connectivity index (χ3v) is 4.25. The van der Waals surface area contributed by atoms with Crippen molar-refractivity contribution in [3.05, 3.63) is 54.5 Å². The third kappa shape index (κ3) is 5.08. The lowest BCUT2D eigenvalue weighted by atomic mass is 10.0. The molecular weight excluding hydrogens is 372 g/mol. The number of carbonyl (C=O) groups excluding carboxylic acids is 2. The first-order valence-corrected chi connectivity index (χ1v) is 9.24. The molecule has 1 unspecified atom stereocenters. The summed E-state index contributed by atoms with van der Waals surface area (Å²) in [7, 11) is 1.45. The van der Waals surface area contributed by atoms with Crippen molar-refractivity contribution in [2.24, 2.45) is 5.92 Å². The number of nitrogens with one attached hydrogen (secondary N) is 3. The fraction of sp³-hybridized carbons (Fsp3) is 0.300. The number of carbonyl (C=O) groups is 2. The van der Waals surface area contributed by atoms with Gasteiger partial charge >= 0.3 is 6.03 Å². The van der Waals surface area contributed by atoms with Crippen LogP contribution in [0.25, 0.3) is 5.65 Å². The van der Waals surface area contributed by atoms with Crippen LogP contribution in [0.5, 0.6) is 0 Å². The lowest BCUT2D eigenvalue weighted by molar-refractivity contribution is -0.119. The number of aromatic nitrogens is 3. The minimum atomic E-state index is -0.378. The Balaban J connectivity index is 1.71. The van der Waals surface area contributed by atoms with Gasteiger partial charge in [-0.15, -0.1) is 10.2 Å². The highest BCUT2D eigenvalue weighted by molar-refractivity contribution is 5.94. The number of pyridine rings is 1. The number of fused-ring (bicyclic) bond motifs is 1. The molecule has 29 heavy (non-hydrogen) atoms. The van der Waals surface area contributed by atoms with Crippen molar-refractivity contribution in [2.45, 2.75) is 19.9 Å². The number of anilines is 2. The highest BCUT2D eigenvalue weighted by atomic mass is 16.5. The second kappa shape index (κ2) is 9.16. The number of ether oxygens (including phenoxy) is 1. The van der Waals surface area contributed by atoms with E-state index >= 15 is 0 Å². The molecule has 0 fully saturated rings. The number of hydrogen-bond donors (Lipinski definition) is 3. The van der Waals surface area contributed by atoms with Crippen LogP contribution in [0.15, 0.2) is 48.7 Å². The highest BCUT2D eigenvalue weighted by Crippen LogP contribution is 2.21. The van der Waals surface area contributed by atoms with E-state index in [-0.39, 0.29) is 30.5 Å². The summed E-state index contributed by atoms with van der Waals surface area (Å²) in [5.74, 6) is 0.479. The largest absolute Gasteiger partial charge is 0.375 e. The van der Waals surface area contributed by atoms with Gasteiger partial charge < -0.3 is 20.7 Å². The molecule has 0 saturated carbocycles. The minimum Gasteiger partial charge on any atom is -0.375 e. The monoisotopic (exact) mass is 396 g/mol.